The summed E-state index contributed by atoms with van der Waals surface area (Å²) in [6.07, 6.45) is -1.64. The third-order valence-electron chi connectivity index (χ3n) is 6.72. The van der Waals surface area contributed by atoms with Crippen LogP contribution in [0.2, 0.25) is 10.0 Å². The van der Waals surface area contributed by atoms with Gasteiger partial charge in [-0.3, -0.25) is 9.59 Å². The minimum Gasteiger partial charge on any atom is -0.494 e. The fraction of sp³-hybridized carbons (Fsp3) is 0.481. The van der Waals surface area contributed by atoms with Gasteiger partial charge in [0, 0.05) is 37.8 Å². The maximum absolute atomic E-state index is 13.9. The largest absolute Gasteiger partial charge is 0.494 e. The molecule has 2 aromatic rings. The Balaban J connectivity index is 1.46. The number of likely N-dealkylation sites (tertiary alicyclic amines) is 1. The number of hydrogen-bond acceptors (Lipinski definition) is 4. The Morgan fingerprint density at radius 3 is 2.34 bits per heavy atom. The number of amides is 2. The summed E-state index contributed by atoms with van der Waals surface area (Å²) in [4.78, 5) is 27.5. The van der Waals surface area contributed by atoms with Gasteiger partial charge in [0.05, 0.1) is 17.2 Å². The van der Waals surface area contributed by atoms with E-state index in [9.17, 15) is 27.9 Å². The van der Waals surface area contributed by atoms with Crippen LogP contribution < -0.4 is 4.74 Å². The SMILES string of the molecule is CN(C)C(=O)c1ccc(OCCCCC2CCN(C(=O)C(O)(c3cccc(Cl)c3)C(F)(F)F)CC2)cc1Cl. The molecule has 0 aromatic heterocycles. The van der Waals surface area contributed by atoms with Crippen molar-refractivity contribution in [2.24, 2.45) is 5.92 Å². The van der Waals surface area contributed by atoms with Crippen LogP contribution in [0.4, 0.5) is 13.2 Å². The fourth-order valence-electron chi connectivity index (χ4n) is 4.50. The predicted molar refractivity (Wildman–Crippen MR) is 140 cm³/mol. The van der Waals surface area contributed by atoms with Crippen molar-refractivity contribution in [3.05, 3.63) is 63.6 Å². The Kier molecular flexibility index (Phi) is 9.95. The number of piperidine rings is 1. The van der Waals surface area contributed by atoms with Crippen molar-refractivity contribution in [2.45, 2.75) is 43.9 Å². The maximum Gasteiger partial charge on any atom is 0.430 e. The van der Waals surface area contributed by atoms with E-state index >= 15 is 0 Å². The Labute approximate surface area is 230 Å². The average molecular weight is 575 g/mol. The van der Waals surface area contributed by atoms with Gasteiger partial charge >= 0.3 is 6.18 Å². The molecule has 6 nitrogen and oxygen atoms in total. The number of benzene rings is 2. The van der Waals surface area contributed by atoms with Gasteiger partial charge in [-0.25, -0.2) is 0 Å². The molecule has 1 aliphatic heterocycles. The minimum absolute atomic E-state index is 0.000188. The molecule has 38 heavy (non-hydrogen) atoms. The molecule has 1 N–H and O–H groups in total. The van der Waals surface area contributed by atoms with Crippen molar-refractivity contribution < 1.29 is 32.6 Å². The lowest BCUT2D eigenvalue weighted by Gasteiger charge is -2.38. The van der Waals surface area contributed by atoms with Gasteiger partial charge in [-0.2, -0.15) is 13.2 Å². The minimum atomic E-state index is -5.20. The lowest BCUT2D eigenvalue weighted by Crippen LogP contribution is -2.57. The zero-order valence-corrected chi connectivity index (χ0v) is 22.7. The number of carbonyl (C=O) groups is 2. The van der Waals surface area contributed by atoms with Gasteiger partial charge in [0.15, 0.2) is 0 Å². The van der Waals surface area contributed by atoms with Gasteiger partial charge in [0.2, 0.25) is 0 Å². The topological polar surface area (TPSA) is 70.1 Å². The molecule has 1 atom stereocenters. The first-order valence-corrected chi connectivity index (χ1v) is 13.1. The molecule has 1 unspecified atom stereocenters. The van der Waals surface area contributed by atoms with Gasteiger partial charge < -0.3 is 19.6 Å². The fourth-order valence-corrected chi connectivity index (χ4v) is 4.94. The second-order valence-electron chi connectivity index (χ2n) is 9.64. The highest BCUT2D eigenvalue weighted by Crippen LogP contribution is 2.42. The van der Waals surface area contributed by atoms with E-state index in [4.69, 9.17) is 27.9 Å². The Bertz CT molecular complexity index is 1140. The molecule has 1 aliphatic rings. The van der Waals surface area contributed by atoms with Crippen LogP contribution in [0.15, 0.2) is 42.5 Å². The summed E-state index contributed by atoms with van der Waals surface area (Å²) in [5, 5.41) is 10.9. The molecular weight excluding hydrogens is 544 g/mol. The van der Waals surface area contributed by atoms with E-state index in [1.54, 1.807) is 32.3 Å². The molecule has 11 heteroatoms. The van der Waals surface area contributed by atoms with Gasteiger partial charge in [0.25, 0.3) is 17.4 Å². The second-order valence-corrected chi connectivity index (χ2v) is 10.5. The van der Waals surface area contributed by atoms with E-state index < -0.39 is 23.2 Å². The van der Waals surface area contributed by atoms with Gasteiger partial charge in [-0.15, -0.1) is 0 Å². The summed E-state index contributed by atoms with van der Waals surface area (Å²) >= 11 is 12.0. The van der Waals surface area contributed by atoms with Crippen molar-refractivity contribution in [2.75, 3.05) is 33.8 Å². The average Bonchev–Trinajstić information content (AvgIpc) is 2.87. The molecule has 1 heterocycles. The van der Waals surface area contributed by atoms with Crippen LogP contribution in [0, 0.1) is 5.92 Å². The lowest BCUT2D eigenvalue weighted by atomic mass is 9.88. The Morgan fingerprint density at radius 1 is 1.08 bits per heavy atom. The first-order valence-electron chi connectivity index (χ1n) is 12.3. The van der Waals surface area contributed by atoms with Crippen LogP contribution in [0.1, 0.15) is 48.0 Å². The first-order chi connectivity index (χ1) is 17.8. The summed E-state index contributed by atoms with van der Waals surface area (Å²) in [5.41, 5.74) is -3.84. The second kappa shape index (κ2) is 12.6. The highest BCUT2D eigenvalue weighted by atomic mass is 35.5. The van der Waals surface area contributed by atoms with E-state index in [1.165, 1.54) is 17.0 Å². The summed E-state index contributed by atoms with van der Waals surface area (Å²) in [5.74, 6) is -0.748. The normalized spacial score (nSPS) is 16.2. The van der Waals surface area contributed by atoms with Crippen LogP contribution in [0.25, 0.3) is 0 Å². The lowest BCUT2D eigenvalue weighted by molar-refractivity contribution is -0.262. The van der Waals surface area contributed by atoms with Crippen LogP contribution in [-0.4, -0.2) is 66.7 Å². The van der Waals surface area contributed by atoms with Gasteiger partial charge in [0.1, 0.15) is 5.75 Å². The zero-order chi connectivity index (χ0) is 28.1. The van der Waals surface area contributed by atoms with Crippen LogP contribution >= 0.6 is 23.2 Å². The molecule has 3 rings (SSSR count). The number of alkyl halides is 3. The van der Waals surface area contributed by atoms with Crippen molar-refractivity contribution in [1.29, 1.82) is 0 Å². The summed E-state index contributed by atoms with van der Waals surface area (Å²) in [6, 6.07) is 9.60. The molecule has 208 valence electrons. The Morgan fingerprint density at radius 2 is 1.76 bits per heavy atom. The zero-order valence-electron chi connectivity index (χ0n) is 21.2. The smallest absolute Gasteiger partial charge is 0.430 e. The van der Waals surface area contributed by atoms with E-state index in [0.29, 0.717) is 35.8 Å². The van der Waals surface area contributed by atoms with Crippen molar-refractivity contribution in [1.82, 2.24) is 9.80 Å². The first kappa shape index (κ1) is 30.1. The number of aliphatic hydroxyl groups is 1. The van der Waals surface area contributed by atoms with E-state index in [1.807, 2.05) is 0 Å². The molecule has 2 amide bonds. The summed E-state index contributed by atoms with van der Waals surface area (Å²) in [7, 11) is 3.29. The molecular formula is C27H31Cl2F3N2O4. The number of rotatable bonds is 9. The maximum atomic E-state index is 13.9. The van der Waals surface area contributed by atoms with E-state index in [-0.39, 0.29) is 29.9 Å². The number of hydrogen-bond donors (Lipinski definition) is 1. The van der Waals surface area contributed by atoms with Crippen LogP contribution in [0.3, 0.4) is 0 Å². The van der Waals surface area contributed by atoms with Crippen LogP contribution in [-0.2, 0) is 10.4 Å². The van der Waals surface area contributed by atoms with E-state index in [0.717, 1.165) is 36.3 Å². The number of carbonyl (C=O) groups excluding carboxylic acids is 2. The number of halogens is 5. The number of ether oxygens (including phenoxy) is 1. The predicted octanol–water partition coefficient (Wildman–Crippen LogP) is 5.93. The van der Waals surface area contributed by atoms with E-state index in [2.05, 4.69) is 0 Å². The Hall–Kier alpha value is -2.49. The molecule has 1 fully saturated rings. The molecule has 0 saturated carbocycles. The summed E-state index contributed by atoms with van der Waals surface area (Å²) in [6.45, 7) is 0.720. The van der Waals surface area contributed by atoms with Gasteiger partial charge in [-0.1, -0.05) is 41.8 Å². The third kappa shape index (κ3) is 6.93. The molecule has 0 bridgehead atoms. The summed E-state index contributed by atoms with van der Waals surface area (Å²) < 4.78 is 47.4. The highest BCUT2D eigenvalue weighted by molar-refractivity contribution is 6.34. The van der Waals surface area contributed by atoms with Gasteiger partial charge in [-0.05, 0) is 61.9 Å². The molecule has 1 saturated heterocycles. The molecule has 0 aliphatic carbocycles. The van der Waals surface area contributed by atoms with Crippen molar-refractivity contribution in [3.63, 3.8) is 0 Å². The highest BCUT2D eigenvalue weighted by Gasteiger charge is 2.62. The van der Waals surface area contributed by atoms with Crippen molar-refractivity contribution >= 4 is 35.0 Å². The number of unbranched alkanes of at least 4 members (excludes halogenated alkanes) is 1. The molecule has 0 spiro atoms. The van der Waals surface area contributed by atoms with Crippen molar-refractivity contribution in [3.8, 4) is 5.75 Å². The monoisotopic (exact) mass is 574 g/mol. The standard InChI is InChI=1S/C27H31Cl2F3N2O4/c1-33(2)24(35)22-10-9-21(17-23(22)29)38-15-4-3-6-18-11-13-34(14-12-18)25(36)26(37,27(30,31)32)19-7-5-8-20(28)16-19/h5,7-10,16-18,37H,3-4,6,11-15H2,1-2H3. The quantitative estimate of drug-likeness (QED) is 0.377. The molecule has 0 radical (unpaired) electrons. The van der Waals surface area contributed by atoms with Crippen LogP contribution in [0.5, 0.6) is 5.75 Å². The third-order valence-corrected chi connectivity index (χ3v) is 7.26. The number of nitrogens with zero attached hydrogens (tertiary/aromatic N) is 2. The molecule has 2 aromatic carbocycles.